The molecule has 25 heteroatoms. The molecule has 0 fully saturated rings. The van der Waals surface area contributed by atoms with Gasteiger partial charge >= 0.3 is 29.9 Å². The highest BCUT2D eigenvalue weighted by atomic mass is 32.1. The maximum atomic E-state index is 14.1. The number of carbonyl (C=O) groups is 12. The van der Waals surface area contributed by atoms with E-state index in [0.29, 0.717) is 11.1 Å². The molecule has 0 radical (unpaired) electrons. The molecule has 376 valence electrons. The number of thiol groups is 1. The Morgan fingerprint density at radius 1 is 0.594 bits per heavy atom. The highest BCUT2D eigenvalue weighted by Gasteiger charge is 2.32. The molecule has 0 saturated carbocycles. The average Bonchev–Trinajstić information content (AvgIpc) is 3.29. The van der Waals surface area contributed by atoms with Gasteiger partial charge in [-0.1, -0.05) is 60.7 Å². The fourth-order valence-corrected chi connectivity index (χ4v) is 6.73. The van der Waals surface area contributed by atoms with Gasteiger partial charge in [0.25, 0.3) is 6.47 Å². The van der Waals surface area contributed by atoms with Crippen molar-refractivity contribution in [3.63, 3.8) is 0 Å². The molecule has 2 aromatic carbocycles. The van der Waals surface area contributed by atoms with Gasteiger partial charge in [0.05, 0.1) is 30.8 Å². The number of benzene rings is 2. The number of hydrogen-bond acceptors (Lipinski definition) is 15. The Balaban J connectivity index is 2.11. The zero-order valence-electron chi connectivity index (χ0n) is 37.2. The second-order valence-electron chi connectivity index (χ2n) is 15.6. The Bertz CT molecular complexity index is 2110. The first-order valence-corrected chi connectivity index (χ1v) is 22.0. The van der Waals surface area contributed by atoms with Crippen LogP contribution in [0.2, 0.25) is 0 Å². The van der Waals surface area contributed by atoms with Crippen LogP contribution in [0.4, 0.5) is 4.79 Å². The lowest BCUT2D eigenvalue weighted by atomic mass is 9.89. The molecule has 24 nitrogen and oxygen atoms in total. The first-order chi connectivity index (χ1) is 32.7. The smallest absolute Gasteiger partial charge is 0.326 e. The van der Waals surface area contributed by atoms with Crippen molar-refractivity contribution in [3.8, 4) is 0 Å². The van der Waals surface area contributed by atoms with Crippen LogP contribution in [0.3, 0.4) is 0 Å². The Hall–Kier alpha value is -7.41. The lowest BCUT2D eigenvalue weighted by molar-refractivity contribution is -0.144. The lowest BCUT2D eigenvalue weighted by Crippen LogP contribution is -2.53. The summed E-state index contributed by atoms with van der Waals surface area (Å²) in [5.41, 5.74) is 7.32. The number of rotatable bonds is 34. The zero-order chi connectivity index (χ0) is 51.5. The summed E-state index contributed by atoms with van der Waals surface area (Å²) in [6, 6.07) is 10.1. The molecular formula is C44H57N7O17S. The van der Waals surface area contributed by atoms with E-state index in [4.69, 9.17) is 10.8 Å². The number of carbonyl (C=O) groups excluding carboxylic acids is 8. The molecule has 2 unspecified atom stereocenters. The SMILES string of the molecule is N[C@@H](CNC(=O)[C@@H](CC(=O)[C@H](Cc1ccccc1)NC(=O)CCNC(=O)CC[C@H](NC(=O)N[C@@H](CCC(=O)O)OC=O)C(=O)O)Cc1ccccc1)C(=O)NC(CC(=O)O)C(=O)CC(CS)C(=O)O. The van der Waals surface area contributed by atoms with Crippen molar-refractivity contribution in [3.05, 3.63) is 71.8 Å². The predicted octanol–water partition coefficient (Wildman–Crippen LogP) is -1.07. The molecule has 0 aliphatic rings. The van der Waals surface area contributed by atoms with Gasteiger partial charge in [-0.3, -0.25) is 47.9 Å². The van der Waals surface area contributed by atoms with Crippen LogP contribution in [0, 0.1) is 11.8 Å². The van der Waals surface area contributed by atoms with Crippen molar-refractivity contribution < 1.29 is 82.7 Å². The summed E-state index contributed by atoms with van der Waals surface area (Å²) in [7, 11) is 0. The fraction of sp³-hybridized carbons (Fsp3) is 0.455. The lowest BCUT2D eigenvalue weighted by Gasteiger charge is -2.23. The van der Waals surface area contributed by atoms with E-state index in [0.717, 1.165) is 0 Å². The number of carboxylic acids is 4. The van der Waals surface area contributed by atoms with E-state index in [1.54, 1.807) is 60.7 Å². The molecule has 7 atom stereocenters. The van der Waals surface area contributed by atoms with Gasteiger partial charge in [-0.25, -0.2) is 9.59 Å². The highest BCUT2D eigenvalue weighted by Crippen LogP contribution is 2.17. The van der Waals surface area contributed by atoms with Crippen molar-refractivity contribution in [2.45, 2.75) is 94.6 Å². The van der Waals surface area contributed by atoms with Crippen molar-refractivity contribution in [2.24, 2.45) is 17.6 Å². The molecule has 0 bridgehead atoms. The van der Waals surface area contributed by atoms with Gasteiger partial charge < -0.3 is 62.8 Å². The molecule has 2 rings (SSSR count). The number of carboxylic acid groups (broad SMARTS) is 4. The average molecular weight is 988 g/mol. The molecule has 0 spiro atoms. The van der Waals surface area contributed by atoms with Crippen LogP contribution < -0.4 is 37.6 Å². The third-order valence-electron chi connectivity index (χ3n) is 10.2. The molecule has 69 heavy (non-hydrogen) atoms. The molecule has 2 aromatic rings. The minimum atomic E-state index is -1.64. The van der Waals surface area contributed by atoms with Crippen LogP contribution >= 0.6 is 12.6 Å². The molecular weight excluding hydrogens is 931 g/mol. The fourth-order valence-electron chi connectivity index (χ4n) is 6.44. The number of nitrogens with two attached hydrogens (primary N) is 1. The summed E-state index contributed by atoms with van der Waals surface area (Å²) in [6.45, 7) is -0.813. The highest BCUT2D eigenvalue weighted by molar-refractivity contribution is 7.80. The van der Waals surface area contributed by atoms with E-state index in [-0.39, 0.29) is 44.5 Å². The van der Waals surface area contributed by atoms with E-state index >= 15 is 0 Å². The molecule has 6 amide bonds. The number of ketones is 2. The Morgan fingerprint density at radius 3 is 1.74 bits per heavy atom. The van der Waals surface area contributed by atoms with Gasteiger partial charge in [-0.05, 0) is 30.4 Å². The zero-order valence-corrected chi connectivity index (χ0v) is 38.1. The van der Waals surface area contributed by atoms with E-state index in [1.807, 2.05) is 0 Å². The van der Waals surface area contributed by atoms with Gasteiger partial charge in [0, 0.05) is 56.9 Å². The van der Waals surface area contributed by atoms with Crippen LogP contribution in [0.5, 0.6) is 0 Å². The largest absolute Gasteiger partial charge is 0.481 e. The molecule has 0 heterocycles. The van der Waals surface area contributed by atoms with Crippen molar-refractivity contribution in [1.82, 2.24) is 31.9 Å². The number of urea groups is 1. The first-order valence-electron chi connectivity index (χ1n) is 21.4. The quantitative estimate of drug-likeness (QED) is 0.0226. The second kappa shape index (κ2) is 30.8. The Labute approximate surface area is 400 Å². The summed E-state index contributed by atoms with van der Waals surface area (Å²) >= 11 is 3.90. The second-order valence-corrected chi connectivity index (χ2v) is 15.9. The van der Waals surface area contributed by atoms with E-state index in [2.05, 4.69) is 49.3 Å². The number of nitrogens with one attached hydrogen (secondary N) is 6. The van der Waals surface area contributed by atoms with Gasteiger partial charge in [0.15, 0.2) is 17.8 Å². The van der Waals surface area contributed by atoms with Crippen molar-refractivity contribution in [1.29, 1.82) is 0 Å². The summed E-state index contributed by atoms with van der Waals surface area (Å²) in [4.78, 5) is 148. The van der Waals surface area contributed by atoms with Crippen molar-refractivity contribution >= 4 is 84.2 Å². The summed E-state index contributed by atoms with van der Waals surface area (Å²) in [5.74, 6) is -12.7. The Kier molecular flexibility index (Phi) is 25.8. The molecule has 0 aliphatic heterocycles. The summed E-state index contributed by atoms with van der Waals surface area (Å²) in [5, 5.41) is 51.1. The number of hydrogen-bond donors (Lipinski definition) is 12. The number of aliphatic carboxylic acids is 4. The van der Waals surface area contributed by atoms with Crippen LogP contribution in [0.1, 0.15) is 62.5 Å². The van der Waals surface area contributed by atoms with Crippen molar-refractivity contribution in [2.75, 3.05) is 18.8 Å². The topological polar surface area (TPSA) is 393 Å². The molecule has 0 aliphatic carbocycles. The molecule has 0 saturated heterocycles. The third kappa shape index (κ3) is 23.2. The number of amides is 6. The maximum Gasteiger partial charge on any atom is 0.326 e. The first kappa shape index (κ1) is 57.7. The summed E-state index contributed by atoms with van der Waals surface area (Å²) < 4.78 is 4.60. The third-order valence-corrected chi connectivity index (χ3v) is 10.6. The van der Waals surface area contributed by atoms with Gasteiger partial charge in [-0.15, -0.1) is 0 Å². The van der Waals surface area contributed by atoms with Crippen LogP contribution in [0.15, 0.2) is 60.7 Å². The number of Topliss-reactive ketones (excluding diaryl/α,β-unsaturated/α-hetero) is 2. The van der Waals surface area contributed by atoms with Gasteiger partial charge in [0.1, 0.15) is 12.1 Å². The normalized spacial score (nSPS) is 13.8. The van der Waals surface area contributed by atoms with Crippen LogP contribution in [0.25, 0.3) is 0 Å². The molecule has 12 N–H and O–H groups in total. The Morgan fingerprint density at radius 2 is 1.19 bits per heavy atom. The predicted molar refractivity (Wildman–Crippen MR) is 243 cm³/mol. The monoisotopic (exact) mass is 987 g/mol. The molecule has 0 aromatic heterocycles. The van der Waals surface area contributed by atoms with Crippen LogP contribution in [-0.4, -0.2) is 141 Å². The maximum absolute atomic E-state index is 14.1. The standard InChI is InChI=1S/C44H57N7O17S/c45-29(41(62)49-32(21-39(59)60)34(54)20-28(23-69)42(63)64)22-47-40(61)27(17-25-7-3-1-4-8-25)19-33(53)31(18-26-9-5-2-6-10-26)48-36(56)15-16-46-35(55)12-11-30(43(65)66)50-44(67)51-37(68-24-52)13-14-38(57)58/h1-10,24,27-32,37,69H,11-23,45H2,(H,46,55)(H,47,61)(H,48,56)(H,49,62)(H,57,58)(H,59,60)(H,63,64)(H,65,66)(H2,50,51,67)/t27-,28?,29+,30+,31+,32?,37-/m1/s1. The van der Waals surface area contributed by atoms with E-state index in [1.165, 1.54) is 0 Å². The van der Waals surface area contributed by atoms with E-state index in [9.17, 15) is 72.9 Å². The summed E-state index contributed by atoms with van der Waals surface area (Å²) in [6.07, 6.45) is -5.26. The van der Waals surface area contributed by atoms with Gasteiger partial charge in [-0.2, -0.15) is 12.6 Å². The number of ether oxygens (including phenoxy) is 1. The van der Waals surface area contributed by atoms with Crippen LogP contribution in [-0.2, 0) is 70.3 Å². The van der Waals surface area contributed by atoms with Gasteiger partial charge in [0.2, 0.25) is 23.6 Å². The van der Waals surface area contributed by atoms with E-state index < -0.39 is 152 Å². The minimum absolute atomic E-state index is 0.00133. The minimum Gasteiger partial charge on any atom is -0.481 e.